The van der Waals surface area contributed by atoms with E-state index in [0.717, 1.165) is 184 Å². The highest BCUT2D eigenvalue weighted by Gasteiger charge is 2.14. The van der Waals surface area contributed by atoms with Crippen molar-refractivity contribution in [1.82, 2.24) is 0 Å². The van der Waals surface area contributed by atoms with Gasteiger partial charge < -0.3 is 43.4 Å². The molecule has 0 radical (unpaired) electrons. The molecule has 0 aromatic rings. The number of carbonyl (C=O) groups is 1. The van der Waals surface area contributed by atoms with Gasteiger partial charge in [0.15, 0.2) is 0 Å². The lowest BCUT2D eigenvalue weighted by Crippen LogP contribution is -2.16. The molecule has 0 amide bonds. The quantitative estimate of drug-likeness (QED) is 0.164. The fourth-order valence-electron chi connectivity index (χ4n) is 6.29. The maximum absolute atomic E-state index is 10.0. The first-order valence-corrected chi connectivity index (χ1v) is 23.1. The predicted molar refractivity (Wildman–Crippen MR) is 235 cm³/mol. The molecule has 5 saturated heterocycles. The fourth-order valence-corrected chi connectivity index (χ4v) is 6.67. The zero-order valence-corrected chi connectivity index (χ0v) is 38.4. The van der Waals surface area contributed by atoms with Gasteiger partial charge in [0.2, 0.25) is 0 Å². The number of aliphatic hydroxyl groups is 2. The van der Waals surface area contributed by atoms with E-state index in [-0.39, 0.29) is 6.61 Å². The smallest absolute Gasteiger partial charge is 0.120 e. The molecule has 0 spiro atoms. The van der Waals surface area contributed by atoms with Gasteiger partial charge in [-0.05, 0) is 152 Å². The third-order valence-electron chi connectivity index (χ3n) is 9.97. The molecule has 5 aliphatic heterocycles. The molecule has 5 rings (SSSR count). The van der Waals surface area contributed by atoms with Gasteiger partial charge >= 0.3 is 0 Å². The summed E-state index contributed by atoms with van der Waals surface area (Å²) in [6, 6.07) is 0. The molecule has 0 bridgehead atoms. The molecule has 0 aromatic carbocycles. The number of rotatable bonds is 10. The molecule has 9 nitrogen and oxygen atoms in total. The highest BCUT2D eigenvalue weighted by Crippen LogP contribution is 2.23. The minimum atomic E-state index is -0.0107. The summed E-state index contributed by atoms with van der Waals surface area (Å²) in [6.45, 7) is 17.1. The summed E-state index contributed by atoms with van der Waals surface area (Å²) >= 11 is 6.70. The number of halogens is 2. The highest BCUT2D eigenvalue weighted by atomic mass is 79.9. The Morgan fingerprint density at radius 2 is 0.946 bits per heavy atom. The van der Waals surface area contributed by atoms with Crippen LogP contribution in [0.25, 0.3) is 0 Å². The van der Waals surface area contributed by atoms with Crippen LogP contribution in [0.5, 0.6) is 0 Å². The van der Waals surface area contributed by atoms with Gasteiger partial charge in [-0.1, -0.05) is 18.9 Å². The Balaban J connectivity index is 0.000000657. The van der Waals surface area contributed by atoms with E-state index >= 15 is 0 Å². The Bertz CT molecular complexity index is 946. The maximum Gasteiger partial charge on any atom is 0.120 e. The first-order chi connectivity index (χ1) is 27.4. The van der Waals surface area contributed by atoms with Crippen molar-refractivity contribution < 1.29 is 43.4 Å². The number of aldehydes is 1. The van der Waals surface area contributed by atoms with E-state index in [9.17, 15) is 4.79 Å². The van der Waals surface area contributed by atoms with E-state index in [4.69, 9.17) is 38.6 Å². The minimum absolute atomic E-state index is 0.0107. The lowest BCUT2D eigenvalue weighted by atomic mass is 9.97. The van der Waals surface area contributed by atoms with Crippen LogP contribution in [-0.4, -0.2) is 109 Å². The molecule has 0 aromatic heterocycles. The normalized spacial score (nSPS) is 19.2. The van der Waals surface area contributed by atoms with Gasteiger partial charge in [-0.15, -0.1) is 17.8 Å². The van der Waals surface area contributed by atoms with Crippen LogP contribution in [0.2, 0.25) is 0 Å². The van der Waals surface area contributed by atoms with E-state index in [1.54, 1.807) is 0 Å². The molecule has 0 saturated carbocycles. The van der Waals surface area contributed by atoms with Crippen LogP contribution in [0.15, 0.2) is 9.47 Å². The summed E-state index contributed by atoms with van der Waals surface area (Å²) in [5.41, 5.74) is 0. The predicted octanol–water partition coefficient (Wildman–Crippen LogP) is 9.29. The lowest BCUT2D eigenvalue weighted by molar-refractivity contribution is -0.109. The third-order valence-corrected chi connectivity index (χ3v) is 10.6. The van der Waals surface area contributed by atoms with Crippen molar-refractivity contribution in [3.8, 4) is 23.7 Å². The standard InChI is InChI=1S/C10H16O.C9H14O2.C8H12Br2O.C7H14O2.C7H12O2.C4H10O/c1-2-3-4-5-10-6-8-11-9-7-10;10-6-2-1-3-9-4-7-11-8-5-9;9-8(10)2-1-7-3-5-11-6-4-7;2*8-4-1-7-2-5-9-6-3-7;1-3-5-4-2/h10H,2,5-9H2,1H3;9-10H,3-8H2;2,7H,1,3-6H2;7-8H,1-6H2;4,7H,1-3,5-6H2;3-4H2,1-2H3. The number of allylic oxidation sites excluding steroid dienone is 1. The minimum Gasteiger partial charge on any atom is -0.396 e. The Hall–Kier alpha value is -0.830. The SMILES string of the molecule is BrC(Br)=CCC1CCOCC1.CCC#CCC1CCOCC1.CCOCC.O=CCC1CCOCC1.OCC#CCC1CCOCC1.OCCC1CCOCC1. The second-order valence-electron chi connectivity index (χ2n) is 14.3. The molecule has 56 heavy (non-hydrogen) atoms. The van der Waals surface area contributed by atoms with E-state index < -0.39 is 0 Å². The first-order valence-electron chi connectivity index (χ1n) is 21.5. The van der Waals surface area contributed by atoms with Crippen LogP contribution >= 0.6 is 31.9 Å². The number of hydrogen-bond donors (Lipinski definition) is 2. The second-order valence-corrected chi connectivity index (χ2v) is 17.1. The molecular weight excluding hydrogens is 844 g/mol. The van der Waals surface area contributed by atoms with Crippen molar-refractivity contribution >= 4 is 38.1 Å². The summed E-state index contributed by atoms with van der Waals surface area (Å²) in [7, 11) is 0. The monoisotopic (exact) mass is 920 g/mol. The molecule has 326 valence electrons. The molecule has 5 heterocycles. The fraction of sp³-hybridized carbons (Fsp3) is 0.844. The highest BCUT2D eigenvalue weighted by molar-refractivity contribution is 9.28. The molecule has 0 atom stereocenters. The van der Waals surface area contributed by atoms with E-state index in [1.807, 2.05) is 13.8 Å². The maximum atomic E-state index is 10.0. The van der Waals surface area contributed by atoms with Crippen LogP contribution in [-0.2, 0) is 33.2 Å². The lowest BCUT2D eigenvalue weighted by Gasteiger charge is -2.20. The molecule has 5 fully saturated rings. The zero-order chi connectivity index (χ0) is 41.2. The number of hydrogen-bond acceptors (Lipinski definition) is 9. The van der Waals surface area contributed by atoms with Gasteiger partial charge in [0.1, 0.15) is 12.9 Å². The van der Waals surface area contributed by atoms with Gasteiger partial charge in [0, 0.05) is 112 Å². The van der Waals surface area contributed by atoms with Gasteiger partial charge in [-0.2, -0.15) is 0 Å². The van der Waals surface area contributed by atoms with Crippen LogP contribution in [0.1, 0.15) is 124 Å². The van der Waals surface area contributed by atoms with Crippen molar-refractivity contribution in [2.24, 2.45) is 29.6 Å². The Labute approximate surface area is 358 Å². The molecule has 11 heteroatoms. The van der Waals surface area contributed by atoms with Crippen LogP contribution < -0.4 is 0 Å². The summed E-state index contributed by atoms with van der Waals surface area (Å²) in [5.74, 6) is 15.6. The summed E-state index contributed by atoms with van der Waals surface area (Å²) in [6.07, 6.45) is 20.5. The molecule has 5 aliphatic rings. The molecule has 0 unspecified atom stereocenters. The largest absolute Gasteiger partial charge is 0.396 e. The Morgan fingerprint density at radius 3 is 1.27 bits per heavy atom. The van der Waals surface area contributed by atoms with Gasteiger partial charge in [0.05, 0.1) is 3.39 Å². The van der Waals surface area contributed by atoms with Crippen molar-refractivity contribution in [1.29, 1.82) is 0 Å². The average Bonchev–Trinajstić information content (AvgIpc) is 3.24. The van der Waals surface area contributed by atoms with E-state index in [2.05, 4.69) is 68.5 Å². The van der Waals surface area contributed by atoms with E-state index in [0.29, 0.717) is 18.4 Å². The van der Waals surface area contributed by atoms with Crippen molar-refractivity contribution in [3.63, 3.8) is 0 Å². The van der Waals surface area contributed by atoms with Gasteiger partial charge in [0.25, 0.3) is 0 Å². The average molecular weight is 923 g/mol. The van der Waals surface area contributed by atoms with Gasteiger partial charge in [-0.3, -0.25) is 0 Å². The Kier molecular flexibility index (Phi) is 43.1. The van der Waals surface area contributed by atoms with Crippen molar-refractivity contribution in [2.45, 2.75) is 124 Å². The van der Waals surface area contributed by atoms with Crippen molar-refractivity contribution in [3.05, 3.63) is 9.47 Å². The second kappa shape index (κ2) is 43.7. The number of aliphatic hydroxyl groups excluding tert-OH is 2. The third kappa shape index (κ3) is 37.4. The Morgan fingerprint density at radius 1 is 0.571 bits per heavy atom. The number of ether oxygens (including phenoxy) is 6. The van der Waals surface area contributed by atoms with Crippen molar-refractivity contribution in [2.75, 3.05) is 92.5 Å². The summed E-state index contributed by atoms with van der Waals surface area (Å²) < 4.78 is 31.9. The summed E-state index contributed by atoms with van der Waals surface area (Å²) in [4.78, 5) is 10.0. The van der Waals surface area contributed by atoms with Crippen LogP contribution in [0, 0.1) is 53.3 Å². The van der Waals surface area contributed by atoms with Gasteiger partial charge in [-0.25, -0.2) is 0 Å². The van der Waals surface area contributed by atoms with Crippen LogP contribution in [0.3, 0.4) is 0 Å². The molecule has 2 N–H and O–H groups in total. The topological polar surface area (TPSA) is 113 Å². The number of carbonyl (C=O) groups excluding carboxylic acids is 1. The van der Waals surface area contributed by atoms with E-state index in [1.165, 1.54) is 25.7 Å². The van der Waals surface area contributed by atoms with Crippen LogP contribution in [0.4, 0.5) is 0 Å². The molecule has 0 aliphatic carbocycles. The summed E-state index contributed by atoms with van der Waals surface area (Å²) in [5, 5.41) is 17.0. The zero-order valence-electron chi connectivity index (χ0n) is 35.3. The molecular formula is C45H78Br2O9. The first kappa shape index (κ1) is 55.2.